The summed E-state index contributed by atoms with van der Waals surface area (Å²) in [5, 5.41) is 7.31. The van der Waals surface area contributed by atoms with E-state index in [1.165, 1.54) is 12.1 Å². The number of amides is 1. The van der Waals surface area contributed by atoms with Crippen molar-refractivity contribution in [3.05, 3.63) is 83.9 Å². The van der Waals surface area contributed by atoms with Crippen molar-refractivity contribution in [3.63, 3.8) is 0 Å². The molecule has 0 atom stereocenters. The van der Waals surface area contributed by atoms with E-state index < -0.39 is 0 Å². The predicted octanol–water partition coefficient (Wildman–Crippen LogP) is 2.32. The summed E-state index contributed by atoms with van der Waals surface area (Å²) in [6, 6.07) is 14.9. The van der Waals surface area contributed by atoms with Crippen LogP contribution in [0.4, 0.5) is 4.39 Å². The van der Waals surface area contributed by atoms with Gasteiger partial charge in [-0.1, -0.05) is 12.1 Å². The van der Waals surface area contributed by atoms with Crippen molar-refractivity contribution < 1.29 is 9.18 Å². The Morgan fingerprint density at radius 2 is 1.81 bits per heavy atom. The van der Waals surface area contributed by atoms with Gasteiger partial charge in [0.25, 0.3) is 5.91 Å². The predicted molar refractivity (Wildman–Crippen MR) is 100 cm³/mol. The molecule has 26 heavy (non-hydrogen) atoms. The van der Waals surface area contributed by atoms with Gasteiger partial charge in [0.15, 0.2) is 5.11 Å². The maximum atomic E-state index is 12.9. The van der Waals surface area contributed by atoms with Gasteiger partial charge in [0.2, 0.25) is 0 Å². The number of nitrogens with one attached hydrogen (secondary N) is 3. The van der Waals surface area contributed by atoms with Crippen LogP contribution in [0.3, 0.4) is 0 Å². The first-order valence-corrected chi connectivity index (χ1v) is 8.21. The second kappa shape index (κ2) is 8.21. The van der Waals surface area contributed by atoms with E-state index in [1.54, 1.807) is 47.3 Å². The summed E-state index contributed by atoms with van der Waals surface area (Å²) in [7, 11) is 0. The molecule has 0 unspecified atom stereocenters. The Morgan fingerprint density at radius 3 is 2.46 bits per heavy atom. The minimum atomic E-state index is -0.317. The van der Waals surface area contributed by atoms with Crippen LogP contribution in [0.1, 0.15) is 15.9 Å². The Labute approximate surface area is 155 Å². The van der Waals surface area contributed by atoms with Gasteiger partial charge in [-0.2, -0.15) is 5.10 Å². The minimum absolute atomic E-state index is 0.260. The van der Waals surface area contributed by atoms with E-state index >= 15 is 0 Å². The smallest absolute Gasteiger partial charge is 0.269 e. The average molecular weight is 369 g/mol. The van der Waals surface area contributed by atoms with Crippen LogP contribution in [0.15, 0.2) is 67.0 Å². The van der Waals surface area contributed by atoms with Crippen LogP contribution in [0.2, 0.25) is 0 Å². The Balaban J connectivity index is 1.47. The fraction of sp³-hybridized carbons (Fsp3) is 0.0556. The molecule has 0 spiro atoms. The number of carbonyl (C=O) groups excluding carboxylic acids is 1. The normalized spacial score (nSPS) is 10.2. The first-order valence-electron chi connectivity index (χ1n) is 7.80. The summed E-state index contributed by atoms with van der Waals surface area (Å²) in [5.74, 6) is -0.608. The average Bonchev–Trinajstić information content (AvgIpc) is 3.20. The molecule has 0 fully saturated rings. The summed E-state index contributed by atoms with van der Waals surface area (Å²) in [4.78, 5) is 12.1. The molecule has 132 valence electrons. The van der Waals surface area contributed by atoms with Crippen molar-refractivity contribution in [1.29, 1.82) is 0 Å². The zero-order valence-corrected chi connectivity index (χ0v) is 14.5. The second-order valence-electron chi connectivity index (χ2n) is 5.39. The lowest BCUT2D eigenvalue weighted by Crippen LogP contribution is -2.46. The van der Waals surface area contributed by atoms with Gasteiger partial charge >= 0.3 is 0 Å². The van der Waals surface area contributed by atoms with Crippen molar-refractivity contribution >= 4 is 23.2 Å². The zero-order chi connectivity index (χ0) is 18.4. The highest BCUT2D eigenvalue weighted by molar-refractivity contribution is 7.80. The molecule has 0 aliphatic rings. The van der Waals surface area contributed by atoms with Gasteiger partial charge in [-0.05, 0) is 60.2 Å². The summed E-state index contributed by atoms with van der Waals surface area (Å²) >= 11 is 5.10. The molecule has 0 bridgehead atoms. The maximum absolute atomic E-state index is 12.9. The van der Waals surface area contributed by atoms with E-state index in [9.17, 15) is 9.18 Å². The summed E-state index contributed by atoms with van der Waals surface area (Å²) in [6.07, 6.45) is 3.51. The molecular weight excluding hydrogens is 353 g/mol. The Hall–Kier alpha value is -3.26. The van der Waals surface area contributed by atoms with Gasteiger partial charge in [-0.15, -0.1) is 0 Å². The highest BCUT2D eigenvalue weighted by atomic mass is 32.1. The van der Waals surface area contributed by atoms with Gasteiger partial charge in [0, 0.05) is 24.5 Å². The third kappa shape index (κ3) is 4.64. The number of hydrogen-bond acceptors (Lipinski definition) is 3. The van der Waals surface area contributed by atoms with Gasteiger partial charge in [0.1, 0.15) is 5.82 Å². The topological polar surface area (TPSA) is 71.0 Å². The van der Waals surface area contributed by atoms with Crippen molar-refractivity contribution in [2.24, 2.45) is 0 Å². The largest absolute Gasteiger partial charge is 0.357 e. The van der Waals surface area contributed by atoms with Gasteiger partial charge in [-0.3, -0.25) is 15.6 Å². The van der Waals surface area contributed by atoms with Crippen molar-refractivity contribution in [1.82, 2.24) is 25.9 Å². The van der Waals surface area contributed by atoms with Gasteiger partial charge < -0.3 is 5.32 Å². The fourth-order valence-electron chi connectivity index (χ4n) is 2.20. The number of thiocarbonyl (C=S) groups is 1. The van der Waals surface area contributed by atoms with Crippen LogP contribution >= 0.6 is 12.2 Å². The summed E-state index contributed by atoms with van der Waals surface area (Å²) < 4.78 is 14.6. The number of hydrogen-bond donors (Lipinski definition) is 3. The Morgan fingerprint density at radius 1 is 1.08 bits per heavy atom. The first-order chi connectivity index (χ1) is 12.6. The fourth-order valence-corrected chi connectivity index (χ4v) is 2.32. The van der Waals surface area contributed by atoms with Gasteiger partial charge in [0.05, 0.1) is 5.69 Å². The van der Waals surface area contributed by atoms with E-state index in [2.05, 4.69) is 21.3 Å². The summed E-state index contributed by atoms with van der Waals surface area (Å²) in [6.45, 7) is 0.417. The van der Waals surface area contributed by atoms with Gasteiger partial charge in [-0.25, -0.2) is 9.07 Å². The monoisotopic (exact) mass is 369 g/mol. The van der Waals surface area contributed by atoms with E-state index in [1.807, 2.05) is 12.3 Å². The number of aromatic nitrogens is 2. The Kier molecular flexibility index (Phi) is 5.55. The summed E-state index contributed by atoms with van der Waals surface area (Å²) in [5.41, 5.74) is 7.37. The standard InChI is InChI=1S/C18H16FN5OS/c19-15-6-2-13(3-7-15)12-20-18(26)23-22-17(25)14-4-8-16(9-5-14)24-11-1-10-21-24/h1-11H,12H2,(H,22,25)(H2,20,23,26). The van der Waals surface area contributed by atoms with Crippen molar-refractivity contribution in [2.75, 3.05) is 0 Å². The molecule has 1 aromatic heterocycles. The highest BCUT2D eigenvalue weighted by Crippen LogP contribution is 2.08. The number of nitrogens with zero attached hydrogens (tertiary/aromatic N) is 2. The van der Waals surface area contributed by atoms with E-state index in [0.29, 0.717) is 12.1 Å². The third-order valence-electron chi connectivity index (χ3n) is 3.55. The minimum Gasteiger partial charge on any atom is -0.357 e. The molecule has 3 N–H and O–H groups in total. The molecule has 0 aliphatic carbocycles. The molecule has 0 saturated heterocycles. The van der Waals surface area contributed by atoms with Crippen LogP contribution in [-0.2, 0) is 6.54 Å². The number of hydrazine groups is 1. The molecule has 3 rings (SSSR count). The quantitative estimate of drug-likeness (QED) is 0.486. The van der Waals surface area contributed by atoms with E-state index in [-0.39, 0.29) is 16.8 Å². The lowest BCUT2D eigenvalue weighted by atomic mass is 10.2. The SMILES string of the molecule is O=C(NNC(=S)NCc1ccc(F)cc1)c1ccc(-n2cccn2)cc1. The number of carbonyl (C=O) groups is 1. The molecule has 6 nitrogen and oxygen atoms in total. The molecule has 0 radical (unpaired) electrons. The molecule has 0 saturated carbocycles. The number of rotatable bonds is 4. The maximum Gasteiger partial charge on any atom is 0.269 e. The molecule has 3 aromatic rings. The lowest BCUT2D eigenvalue weighted by Gasteiger charge is -2.12. The molecule has 1 heterocycles. The Bertz CT molecular complexity index is 879. The molecule has 1 amide bonds. The molecule has 0 aliphatic heterocycles. The zero-order valence-electron chi connectivity index (χ0n) is 13.6. The second-order valence-corrected chi connectivity index (χ2v) is 5.79. The van der Waals surface area contributed by atoms with Crippen molar-refractivity contribution in [2.45, 2.75) is 6.54 Å². The van der Waals surface area contributed by atoms with Crippen LogP contribution in [0.25, 0.3) is 5.69 Å². The van der Waals surface area contributed by atoms with E-state index in [0.717, 1.165) is 11.3 Å². The number of halogens is 1. The van der Waals surface area contributed by atoms with Crippen LogP contribution in [-0.4, -0.2) is 20.8 Å². The molecular formula is C18H16FN5OS. The van der Waals surface area contributed by atoms with E-state index in [4.69, 9.17) is 12.2 Å². The van der Waals surface area contributed by atoms with Crippen LogP contribution < -0.4 is 16.2 Å². The lowest BCUT2D eigenvalue weighted by molar-refractivity contribution is 0.0943. The molecule has 8 heteroatoms. The third-order valence-corrected chi connectivity index (χ3v) is 3.80. The van der Waals surface area contributed by atoms with Crippen LogP contribution in [0.5, 0.6) is 0 Å². The van der Waals surface area contributed by atoms with Crippen molar-refractivity contribution in [3.8, 4) is 5.69 Å². The molecule has 2 aromatic carbocycles. The highest BCUT2D eigenvalue weighted by Gasteiger charge is 2.06. The first kappa shape index (κ1) is 17.6. The number of benzene rings is 2. The van der Waals surface area contributed by atoms with Crippen LogP contribution in [0, 0.1) is 5.82 Å².